The van der Waals surface area contributed by atoms with Crippen molar-refractivity contribution < 1.29 is 9.21 Å². The van der Waals surface area contributed by atoms with Gasteiger partial charge in [-0.25, -0.2) is 0 Å². The van der Waals surface area contributed by atoms with Gasteiger partial charge in [0, 0.05) is 36.0 Å². The van der Waals surface area contributed by atoms with Gasteiger partial charge in [-0.1, -0.05) is 12.1 Å². The quantitative estimate of drug-likeness (QED) is 0.698. The van der Waals surface area contributed by atoms with Crippen molar-refractivity contribution >= 4 is 17.2 Å². The number of para-hydroxylation sites is 2. The average Bonchev–Trinajstić information content (AvgIpc) is 3.17. The zero-order valence-corrected chi connectivity index (χ0v) is 14.7. The van der Waals surface area contributed by atoms with Crippen LogP contribution in [0.2, 0.25) is 0 Å². The van der Waals surface area contributed by atoms with Crippen molar-refractivity contribution in [1.29, 1.82) is 0 Å². The highest BCUT2D eigenvalue weighted by molar-refractivity contribution is 6.01. The fourth-order valence-electron chi connectivity index (χ4n) is 4.02. The number of ketones is 1. The number of nitrogens with zero attached hydrogens (tertiary/aromatic N) is 1. The van der Waals surface area contributed by atoms with Crippen LogP contribution in [0.4, 0.5) is 11.4 Å². The molecule has 3 aromatic rings. The molecule has 0 spiro atoms. The number of aromatic nitrogens is 1. The Morgan fingerprint density at radius 1 is 0.963 bits per heavy atom. The van der Waals surface area contributed by atoms with Crippen LogP contribution in [0.5, 0.6) is 0 Å². The number of hydrogen-bond donors (Lipinski definition) is 2. The number of benzene rings is 1. The zero-order valence-electron chi connectivity index (χ0n) is 14.7. The van der Waals surface area contributed by atoms with Crippen molar-refractivity contribution in [3.63, 3.8) is 0 Å². The Kier molecular flexibility index (Phi) is 3.78. The minimum Gasteiger partial charge on any atom is -0.469 e. The maximum atomic E-state index is 13.2. The van der Waals surface area contributed by atoms with Crippen molar-refractivity contribution in [3.8, 4) is 0 Å². The molecule has 0 radical (unpaired) electrons. The topological polar surface area (TPSA) is 67.2 Å². The van der Waals surface area contributed by atoms with Gasteiger partial charge >= 0.3 is 0 Å². The van der Waals surface area contributed by atoms with Crippen LogP contribution in [-0.2, 0) is 4.79 Å². The summed E-state index contributed by atoms with van der Waals surface area (Å²) >= 11 is 0. The van der Waals surface area contributed by atoms with E-state index in [4.69, 9.17) is 4.42 Å². The lowest BCUT2D eigenvalue weighted by Crippen LogP contribution is -2.26. The minimum atomic E-state index is -0.204. The Bertz CT molecular complexity index is 1010. The van der Waals surface area contributed by atoms with Gasteiger partial charge in [0.2, 0.25) is 0 Å². The molecule has 0 fully saturated rings. The van der Waals surface area contributed by atoms with Gasteiger partial charge in [0.1, 0.15) is 5.76 Å². The summed E-state index contributed by atoms with van der Waals surface area (Å²) in [4.78, 5) is 17.3. The SMILES string of the molecule is O=C1CC(c2ccco2)CC2=C1C(c1ccncc1)Nc1ccccc1N2. The molecule has 0 saturated carbocycles. The van der Waals surface area contributed by atoms with E-state index in [1.54, 1.807) is 18.7 Å². The number of rotatable bonds is 2. The molecule has 2 atom stereocenters. The number of anilines is 2. The molecule has 1 aromatic carbocycles. The van der Waals surface area contributed by atoms with E-state index in [2.05, 4.69) is 15.6 Å². The molecule has 0 amide bonds. The first-order valence-electron chi connectivity index (χ1n) is 9.12. The number of carbonyl (C=O) groups excluding carboxylic acids is 1. The summed E-state index contributed by atoms with van der Waals surface area (Å²) in [6, 6.07) is 15.6. The first-order valence-corrected chi connectivity index (χ1v) is 9.12. The smallest absolute Gasteiger partial charge is 0.163 e. The van der Waals surface area contributed by atoms with Gasteiger partial charge in [-0.3, -0.25) is 9.78 Å². The highest BCUT2D eigenvalue weighted by Gasteiger charge is 2.36. The van der Waals surface area contributed by atoms with Crippen LogP contribution < -0.4 is 10.6 Å². The number of carbonyl (C=O) groups is 1. The van der Waals surface area contributed by atoms with E-state index >= 15 is 0 Å². The van der Waals surface area contributed by atoms with Gasteiger partial charge in [0.05, 0.1) is 23.7 Å². The van der Waals surface area contributed by atoms with Crippen LogP contribution in [0, 0.1) is 0 Å². The molecule has 5 heteroatoms. The highest BCUT2D eigenvalue weighted by Crippen LogP contribution is 2.44. The summed E-state index contributed by atoms with van der Waals surface area (Å²) < 4.78 is 5.59. The molecule has 2 aromatic heterocycles. The average molecular weight is 357 g/mol. The van der Waals surface area contributed by atoms with E-state index < -0.39 is 0 Å². The van der Waals surface area contributed by atoms with E-state index in [1.165, 1.54) is 0 Å². The van der Waals surface area contributed by atoms with Crippen LogP contribution >= 0.6 is 0 Å². The van der Waals surface area contributed by atoms with Crippen molar-refractivity contribution in [1.82, 2.24) is 4.98 Å². The Balaban J connectivity index is 1.63. The molecule has 2 N–H and O–H groups in total. The van der Waals surface area contributed by atoms with E-state index in [1.807, 2.05) is 48.5 Å². The van der Waals surface area contributed by atoms with E-state index in [-0.39, 0.29) is 17.7 Å². The lowest BCUT2D eigenvalue weighted by atomic mass is 9.80. The van der Waals surface area contributed by atoms with Crippen LogP contribution in [0.3, 0.4) is 0 Å². The third-order valence-electron chi connectivity index (χ3n) is 5.29. The molecule has 1 aliphatic carbocycles. The van der Waals surface area contributed by atoms with Gasteiger partial charge in [0.15, 0.2) is 5.78 Å². The predicted octanol–water partition coefficient (Wildman–Crippen LogP) is 4.65. The molecule has 27 heavy (non-hydrogen) atoms. The molecule has 0 saturated heterocycles. The number of pyridine rings is 1. The Morgan fingerprint density at radius 2 is 1.78 bits per heavy atom. The van der Waals surface area contributed by atoms with Crippen LogP contribution in [0.1, 0.15) is 36.1 Å². The Hall–Kier alpha value is -3.34. The normalized spacial score (nSPS) is 21.6. The zero-order chi connectivity index (χ0) is 18.2. The number of nitrogens with one attached hydrogen (secondary N) is 2. The number of furan rings is 1. The monoisotopic (exact) mass is 357 g/mol. The molecule has 5 nitrogen and oxygen atoms in total. The van der Waals surface area contributed by atoms with E-state index in [0.29, 0.717) is 6.42 Å². The molecule has 2 unspecified atom stereocenters. The summed E-state index contributed by atoms with van der Waals surface area (Å²) in [5, 5.41) is 7.09. The third kappa shape index (κ3) is 2.81. The van der Waals surface area contributed by atoms with Crippen LogP contribution in [0.25, 0.3) is 0 Å². The summed E-state index contributed by atoms with van der Waals surface area (Å²) in [5.41, 5.74) is 4.76. The predicted molar refractivity (Wildman–Crippen MR) is 103 cm³/mol. The summed E-state index contributed by atoms with van der Waals surface area (Å²) in [6.07, 6.45) is 6.39. The summed E-state index contributed by atoms with van der Waals surface area (Å²) in [7, 11) is 0. The van der Waals surface area contributed by atoms with E-state index in [0.717, 1.165) is 40.4 Å². The molecular formula is C22H19N3O2. The number of Topliss-reactive ketones (excluding diaryl/α,β-unsaturated/α-hetero) is 1. The maximum Gasteiger partial charge on any atom is 0.163 e. The molecule has 3 heterocycles. The van der Waals surface area contributed by atoms with Gasteiger partial charge in [0.25, 0.3) is 0 Å². The largest absolute Gasteiger partial charge is 0.469 e. The molecule has 5 rings (SSSR count). The molecule has 2 aliphatic rings. The Morgan fingerprint density at radius 3 is 2.56 bits per heavy atom. The van der Waals surface area contributed by atoms with Crippen molar-refractivity contribution in [2.24, 2.45) is 0 Å². The number of hydrogen-bond acceptors (Lipinski definition) is 5. The van der Waals surface area contributed by atoms with Crippen molar-refractivity contribution in [2.75, 3.05) is 10.6 Å². The van der Waals surface area contributed by atoms with Crippen LogP contribution in [0.15, 0.2) is 82.9 Å². The second kappa shape index (κ2) is 6.43. The van der Waals surface area contributed by atoms with Crippen molar-refractivity contribution in [2.45, 2.75) is 24.8 Å². The number of allylic oxidation sites excluding steroid dienone is 1. The second-order valence-corrected chi connectivity index (χ2v) is 6.96. The molecule has 0 bridgehead atoms. The molecule has 1 aliphatic heterocycles. The van der Waals surface area contributed by atoms with Gasteiger partial charge in [-0.05, 0) is 48.4 Å². The standard InChI is InChI=1S/C22H19N3O2/c26-19-13-15(20-6-3-11-27-20)12-18-21(19)22(14-7-9-23-10-8-14)25-17-5-2-1-4-16(17)24-18/h1-11,15,22,24-25H,12-13H2. The second-order valence-electron chi connectivity index (χ2n) is 6.96. The Labute approximate surface area is 157 Å². The van der Waals surface area contributed by atoms with Crippen molar-refractivity contribution in [3.05, 3.63) is 89.8 Å². The fourth-order valence-corrected chi connectivity index (χ4v) is 4.02. The maximum absolute atomic E-state index is 13.2. The molecular weight excluding hydrogens is 338 g/mol. The first kappa shape index (κ1) is 15.9. The third-order valence-corrected chi connectivity index (χ3v) is 5.29. The molecule has 134 valence electrons. The lowest BCUT2D eigenvalue weighted by Gasteiger charge is -2.28. The highest BCUT2D eigenvalue weighted by atomic mass is 16.3. The van der Waals surface area contributed by atoms with Crippen LogP contribution in [-0.4, -0.2) is 10.8 Å². The number of fused-ring (bicyclic) bond motifs is 1. The van der Waals surface area contributed by atoms with E-state index in [9.17, 15) is 4.79 Å². The minimum absolute atomic E-state index is 0.0575. The first-order chi connectivity index (χ1) is 13.3. The van der Waals surface area contributed by atoms with Gasteiger partial charge < -0.3 is 15.1 Å². The fraction of sp³-hybridized carbons (Fsp3) is 0.182. The summed E-state index contributed by atoms with van der Waals surface area (Å²) in [5.74, 6) is 1.07. The summed E-state index contributed by atoms with van der Waals surface area (Å²) in [6.45, 7) is 0. The van der Waals surface area contributed by atoms with Gasteiger partial charge in [-0.15, -0.1) is 0 Å². The lowest BCUT2D eigenvalue weighted by molar-refractivity contribution is -0.116. The van der Waals surface area contributed by atoms with Gasteiger partial charge in [-0.2, -0.15) is 0 Å².